The van der Waals surface area contributed by atoms with Gasteiger partial charge in [0.15, 0.2) is 0 Å². The third-order valence-corrected chi connectivity index (χ3v) is 6.63. The first-order chi connectivity index (χ1) is 14.7. The molecule has 6 nitrogen and oxygen atoms in total. The number of thiophene rings is 1. The van der Waals surface area contributed by atoms with E-state index >= 15 is 0 Å². The summed E-state index contributed by atoms with van der Waals surface area (Å²) in [4.78, 5) is 27.8. The summed E-state index contributed by atoms with van der Waals surface area (Å²) in [5.41, 5.74) is 1.62. The van der Waals surface area contributed by atoms with Crippen LogP contribution < -0.4 is 10.2 Å². The van der Waals surface area contributed by atoms with Gasteiger partial charge in [-0.05, 0) is 36.6 Å². The minimum Gasteiger partial charge on any atom is -0.355 e. The van der Waals surface area contributed by atoms with Gasteiger partial charge in [-0.1, -0.05) is 12.1 Å². The predicted molar refractivity (Wildman–Crippen MR) is 116 cm³/mol. The van der Waals surface area contributed by atoms with Crippen LogP contribution in [-0.4, -0.2) is 33.9 Å². The summed E-state index contributed by atoms with van der Waals surface area (Å²) in [6.45, 7) is 1.87. The maximum absolute atomic E-state index is 14.4. The van der Waals surface area contributed by atoms with Gasteiger partial charge in [-0.25, -0.2) is 14.4 Å². The lowest BCUT2D eigenvalue weighted by Crippen LogP contribution is -2.43. The topological polar surface area (TPSA) is 71.0 Å². The molecule has 30 heavy (non-hydrogen) atoms. The smallest absolute Gasteiger partial charge is 0.225 e. The van der Waals surface area contributed by atoms with Crippen LogP contribution in [0, 0.1) is 11.7 Å². The highest BCUT2D eigenvalue weighted by Gasteiger charge is 2.28. The number of carbonyl (C=O) groups excluding carboxylic acids is 1. The Labute approximate surface area is 176 Å². The fourth-order valence-electron chi connectivity index (χ4n) is 4.01. The fourth-order valence-corrected chi connectivity index (χ4v) is 5.20. The maximum Gasteiger partial charge on any atom is 0.225 e. The van der Waals surface area contributed by atoms with Crippen molar-refractivity contribution in [3.05, 3.63) is 60.4 Å². The summed E-state index contributed by atoms with van der Waals surface area (Å²) in [6, 6.07) is 8.87. The van der Waals surface area contributed by atoms with Crippen molar-refractivity contribution in [2.45, 2.75) is 19.4 Å². The molecule has 8 heteroatoms. The van der Waals surface area contributed by atoms with Crippen LogP contribution in [0.3, 0.4) is 0 Å². The summed E-state index contributed by atoms with van der Waals surface area (Å²) >= 11 is 1.50. The van der Waals surface area contributed by atoms with Gasteiger partial charge in [0.1, 0.15) is 18.0 Å². The van der Waals surface area contributed by atoms with E-state index in [0.29, 0.717) is 24.0 Å². The number of anilines is 1. The third kappa shape index (κ3) is 3.47. The maximum atomic E-state index is 14.4. The molecule has 3 aromatic heterocycles. The number of piperidine rings is 1. The number of benzene rings is 1. The van der Waals surface area contributed by atoms with Crippen LogP contribution in [0.2, 0.25) is 0 Å². The molecule has 1 saturated heterocycles. The molecule has 1 aromatic carbocycles. The van der Waals surface area contributed by atoms with E-state index in [2.05, 4.69) is 25.2 Å². The van der Waals surface area contributed by atoms with Crippen molar-refractivity contribution in [1.29, 1.82) is 0 Å². The van der Waals surface area contributed by atoms with Gasteiger partial charge in [-0.15, -0.1) is 11.3 Å². The monoisotopic (exact) mass is 421 g/mol. The molecule has 0 bridgehead atoms. The van der Waals surface area contributed by atoms with Gasteiger partial charge >= 0.3 is 0 Å². The highest BCUT2D eigenvalue weighted by atomic mass is 32.1. The van der Waals surface area contributed by atoms with Crippen LogP contribution in [0.25, 0.3) is 20.3 Å². The van der Waals surface area contributed by atoms with E-state index in [0.717, 1.165) is 40.2 Å². The standard InChI is InChI=1S/C22H20FN5OS/c23-16-6-1-7-17-18(16)19-20(30-17)21(27-13-26-19)28-9-3-5-15(12-28)22(29)25-11-14-4-2-8-24-10-14/h1-2,4,6-8,10,13,15H,3,5,9,11-12H2,(H,25,29). The summed E-state index contributed by atoms with van der Waals surface area (Å²) in [6.07, 6.45) is 6.70. The minimum absolute atomic E-state index is 0.0382. The molecule has 0 spiro atoms. The zero-order valence-corrected chi connectivity index (χ0v) is 17.0. The number of amides is 1. The SMILES string of the molecule is O=C(NCc1cccnc1)C1CCCN(c2ncnc3c2sc2cccc(F)c23)C1. The number of pyridine rings is 1. The number of hydrogen-bond donors (Lipinski definition) is 1. The summed E-state index contributed by atoms with van der Waals surface area (Å²) in [5, 5.41) is 3.57. The number of rotatable bonds is 4. The van der Waals surface area contributed by atoms with Gasteiger partial charge < -0.3 is 10.2 Å². The second-order valence-electron chi connectivity index (χ2n) is 7.45. The molecule has 1 N–H and O–H groups in total. The third-order valence-electron chi connectivity index (χ3n) is 5.49. The molecule has 0 radical (unpaired) electrons. The molecule has 4 heterocycles. The Balaban J connectivity index is 1.38. The normalized spacial score (nSPS) is 16.8. The van der Waals surface area contributed by atoms with Gasteiger partial charge in [0.25, 0.3) is 0 Å². The lowest BCUT2D eigenvalue weighted by molar-refractivity contribution is -0.125. The van der Waals surface area contributed by atoms with E-state index in [4.69, 9.17) is 0 Å². The molecular weight excluding hydrogens is 401 g/mol. The van der Waals surface area contributed by atoms with Crippen molar-refractivity contribution in [2.75, 3.05) is 18.0 Å². The van der Waals surface area contributed by atoms with Gasteiger partial charge in [-0.3, -0.25) is 9.78 Å². The second kappa shape index (κ2) is 7.95. The van der Waals surface area contributed by atoms with E-state index in [1.165, 1.54) is 23.7 Å². The Kier molecular flexibility index (Phi) is 5.00. The van der Waals surface area contributed by atoms with E-state index in [9.17, 15) is 9.18 Å². The second-order valence-corrected chi connectivity index (χ2v) is 8.51. The van der Waals surface area contributed by atoms with Crippen molar-refractivity contribution < 1.29 is 9.18 Å². The van der Waals surface area contributed by atoms with Crippen LogP contribution in [0.5, 0.6) is 0 Å². The van der Waals surface area contributed by atoms with Crippen LogP contribution in [0.1, 0.15) is 18.4 Å². The van der Waals surface area contributed by atoms with Crippen molar-refractivity contribution >= 4 is 43.4 Å². The van der Waals surface area contributed by atoms with Crippen molar-refractivity contribution in [3.8, 4) is 0 Å². The Bertz CT molecular complexity index is 1210. The minimum atomic E-state index is -0.269. The summed E-state index contributed by atoms with van der Waals surface area (Å²) in [7, 11) is 0. The van der Waals surface area contributed by atoms with Crippen LogP contribution >= 0.6 is 11.3 Å². The number of halogens is 1. The Morgan fingerprint density at radius 2 is 2.20 bits per heavy atom. The van der Waals surface area contributed by atoms with Gasteiger partial charge in [0.2, 0.25) is 5.91 Å². The number of hydrogen-bond acceptors (Lipinski definition) is 6. The molecule has 1 fully saturated rings. The van der Waals surface area contributed by atoms with Crippen LogP contribution in [0.15, 0.2) is 49.1 Å². The quantitative estimate of drug-likeness (QED) is 0.541. The molecule has 0 saturated carbocycles. The highest BCUT2D eigenvalue weighted by molar-refractivity contribution is 7.26. The number of nitrogens with one attached hydrogen (secondary N) is 1. The first-order valence-corrected chi connectivity index (χ1v) is 10.8. The molecular formula is C22H20FN5OS. The van der Waals surface area contributed by atoms with Gasteiger partial charge in [-0.2, -0.15) is 0 Å². The molecule has 1 unspecified atom stereocenters. The zero-order valence-electron chi connectivity index (χ0n) is 16.2. The fraction of sp³-hybridized carbons (Fsp3) is 0.273. The first kappa shape index (κ1) is 18.9. The molecule has 1 amide bonds. The molecule has 152 valence electrons. The molecule has 4 aromatic rings. The van der Waals surface area contributed by atoms with Gasteiger partial charge in [0, 0.05) is 36.7 Å². The summed E-state index contributed by atoms with van der Waals surface area (Å²) < 4.78 is 16.1. The van der Waals surface area contributed by atoms with E-state index < -0.39 is 0 Å². The van der Waals surface area contributed by atoms with Crippen LogP contribution in [-0.2, 0) is 11.3 Å². The average Bonchev–Trinajstić information content (AvgIpc) is 3.18. The van der Waals surface area contributed by atoms with Crippen molar-refractivity contribution in [1.82, 2.24) is 20.3 Å². The molecule has 1 aliphatic heterocycles. The number of fused-ring (bicyclic) bond motifs is 3. The predicted octanol–water partition coefficient (Wildman–Crippen LogP) is 3.91. The van der Waals surface area contributed by atoms with Crippen molar-refractivity contribution in [2.24, 2.45) is 5.92 Å². The van der Waals surface area contributed by atoms with E-state index in [1.54, 1.807) is 18.5 Å². The summed E-state index contributed by atoms with van der Waals surface area (Å²) in [5.74, 6) is 0.433. The zero-order chi connectivity index (χ0) is 20.5. The average molecular weight is 422 g/mol. The highest BCUT2D eigenvalue weighted by Crippen LogP contribution is 2.39. The lowest BCUT2D eigenvalue weighted by atomic mass is 9.97. The van der Waals surface area contributed by atoms with E-state index in [1.807, 2.05) is 18.2 Å². The van der Waals surface area contributed by atoms with Gasteiger partial charge in [0.05, 0.1) is 21.5 Å². The molecule has 0 aliphatic carbocycles. The Morgan fingerprint density at radius 1 is 1.27 bits per heavy atom. The lowest BCUT2D eigenvalue weighted by Gasteiger charge is -2.33. The molecule has 5 rings (SSSR count). The number of carbonyl (C=O) groups is 1. The Morgan fingerprint density at radius 3 is 3.07 bits per heavy atom. The van der Waals surface area contributed by atoms with E-state index in [-0.39, 0.29) is 17.6 Å². The van der Waals surface area contributed by atoms with Crippen molar-refractivity contribution in [3.63, 3.8) is 0 Å². The number of aromatic nitrogens is 3. The van der Waals surface area contributed by atoms with Crippen LogP contribution in [0.4, 0.5) is 10.2 Å². The molecule has 1 atom stereocenters. The first-order valence-electron chi connectivity index (χ1n) is 9.94. The Hall–Kier alpha value is -3.13. The largest absolute Gasteiger partial charge is 0.355 e. The number of nitrogens with zero attached hydrogens (tertiary/aromatic N) is 4. The molecule has 1 aliphatic rings.